The van der Waals surface area contributed by atoms with Crippen LogP contribution >= 0.6 is 0 Å². The molecular weight excluding hydrogens is 748 g/mol. The summed E-state index contributed by atoms with van der Waals surface area (Å²) < 4.78 is 23.7. The number of fused-ring (bicyclic) bond motifs is 14. The zero-order chi connectivity index (χ0) is 42.8. The van der Waals surface area contributed by atoms with Gasteiger partial charge in [-0.2, -0.15) is 5.10 Å². The first-order valence-corrected chi connectivity index (χ1v) is 19.6. The van der Waals surface area contributed by atoms with Gasteiger partial charge in [0.05, 0.1) is 47.6 Å². The van der Waals surface area contributed by atoms with Gasteiger partial charge < -0.3 is 49.6 Å². The number of phenols is 2. The molecule has 1 saturated heterocycles. The van der Waals surface area contributed by atoms with Gasteiger partial charge in [0.25, 0.3) is 11.7 Å². The highest BCUT2D eigenvalue weighted by atomic mass is 16.7. The molecule has 4 heterocycles. The van der Waals surface area contributed by atoms with Crippen LogP contribution in [0.25, 0.3) is 10.8 Å². The number of nitrogens with one attached hydrogen (secondary N) is 1. The molecule has 2 aromatic carbocycles. The molecular formula is C43H58N4O11. The molecule has 5 N–H and O–H groups in total. The van der Waals surface area contributed by atoms with Crippen molar-refractivity contribution >= 4 is 40.3 Å². The standard InChI is InChI=1S/C43H58N4O11/c1-22-12-11-13-23(2)42(54)45-31-20-29-33(38(52)30(31)21-44-47-17-15-46(9)16-18-47)34-40(27(6)37(29)51)58-43(8,41(34)53)56-19-14-32(55-10)24(3)39(57-28(7)48)26(5)36(50)25(4)35(22)49/h11-14,19-22,24-26,32,35-36,39,49-52H,15-18H2,1-10H3,(H,45,54)/b12-11+,19-14+,23-13-,44-21+/t22?,24-,25-,26-,32+,35+,36-,39-,43+/m1/s1. The minimum Gasteiger partial charge on any atom is -0.507 e. The lowest BCUT2D eigenvalue weighted by Crippen LogP contribution is -2.46. The molecule has 5 bridgehead atoms. The SMILES string of the molecule is CO[C@H]1/C=C/O[C@@]2(C)Oc3c(C)c(O)c4cc(c(/C=N/N5CCN(C)CC5)c(O)c4c3C2=O)NC(=O)/C(C)=C\C=C\C(C)[C@H](O)[C@@H](C)[C@@H](O)[C@@H](C)[C@H](OC(C)=O)[C@@H]1C. The third-order valence-electron chi connectivity index (χ3n) is 11.7. The molecule has 15 heteroatoms. The topological polar surface area (TPSA) is 200 Å². The van der Waals surface area contributed by atoms with E-state index in [0.29, 0.717) is 13.1 Å². The van der Waals surface area contributed by atoms with Crippen molar-refractivity contribution in [3.63, 3.8) is 0 Å². The van der Waals surface area contributed by atoms with Gasteiger partial charge in [-0.15, -0.1) is 0 Å². The minimum absolute atomic E-state index is 0.0101. The van der Waals surface area contributed by atoms with Crippen LogP contribution in [0.5, 0.6) is 17.2 Å². The second-order valence-electron chi connectivity index (χ2n) is 16.0. The maximum Gasteiger partial charge on any atom is 0.312 e. The Morgan fingerprint density at radius 1 is 1.00 bits per heavy atom. The van der Waals surface area contributed by atoms with Crippen LogP contribution in [0.3, 0.4) is 0 Å². The number of aliphatic hydroxyl groups is 2. The Bertz CT molecular complexity index is 2020. The number of benzene rings is 2. The van der Waals surface area contributed by atoms with Crippen molar-refractivity contribution in [1.29, 1.82) is 0 Å². The zero-order valence-electron chi connectivity index (χ0n) is 35.0. The number of methoxy groups -OCH3 is 1. The van der Waals surface area contributed by atoms with Crippen molar-refractivity contribution in [2.24, 2.45) is 28.8 Å². The number of piperazine rings is 1. The van der Waals surface area contributed by atoms with E-state index in [1.165, 1.54) is 45.6 Å². The van der Waals surface area contributed by atoms with Gasteiger partial charge in [-0.05, 0) is 33.0 Å². The summed E-state index contributed by atoms with van der Waals surface area (Å²) in [4.78, 5) is 42.6. The number of anilines is 1. The lowest BCUT2D eigenvalue weighted by atomic mass is 9.78. The number of phenolic OH excluding ortho intramolecular Hbond substituents is 2. The summed E-state index contributed by atoms with van der Waals surface area (Å²) in [7, 11) is 3.47. The number of hydrazone groups is 1. The predicted molar refractivity (Wildman–Crippen MR) is 219 cm³/mol. The number of likely N-dealkylation sites (N-methyl/N-ethyl adjacent to an activating group) is 1. The summed E-state index contributed by atoms with van der Waals surface area (Å²) in [5.41, 5.74) is 0.694. The highest BCUT2D eigenvalue weighted by Crippen LogP contribution is 2.51. The number of carbonyl (C=O) groups is 3. The van der Waals surface area contributed by atoms with Crippen LogP contribution in [0.2, 0.25) is 0 Å². The number of hydrogen-bond acceptors (Lipinski definition) is 14. The number of Topliss-reactive ketones (excluding diaryl/α,β-unsaturated/α-hetero) is 1. The van der Waals surface area contributed by atoms with Crippen molar-refractivity contribution in [2.75, 3.05) is 45.7 Å². The number of nitrogens with zero attached hydrogens (tertiary/aromatic N) is 3. The van der Waals surface area contributed by atoms with E-state index < -0.39 is 77.3 Å². The van der Waals surface area contributed by atoms with Gasteiger partial charge in [0.1, 0.15) is 23.4 Å². The lowest BCUT2D eigenvalue weighted by molar-refractivity contribution is -0.160. The highest BCUT2D eigenvalue weighted by molar-refractivity contribution is 6.21. The van der Waals surface area contributed by atoms with Gasteiger partial charge >= 0.3 is 11.8 Å². The maximum atomic E-state index is 14.4. The second kappa shape index (κ2) is 17.9. The number of ether oxygens (including phenoxy) is 4. The van der Waals surface area contributed by atoms with Gasteiger partial charge in [0.2, 0.25) is 0 Å². The summed E-state index contributed by atoms with van der Waals surface area (Å²) >= 11 is 0. The van der Waals surface area contributed by atoms with Crippen LogP contribution in [0.1, 0.15) is 70.0 Å². The Balaban J connectivity index is 1.67. The van der Waals surface area contributed by atoms with Crippen molar-refractivity contribution in [3.8, 4) is 17.2 Å². The fourth-order valence-electron chi connectivity index (χ4n) is 7.84. The van der Waals surface area contributed by atoms with Gasteiger partial charge in [-0.1, -0.05) is 45.9 Å². The van der Waals surface area contributed by atoms with E-state index >= 15 is 0 Å². The Morgan fingerprint density at radius 3 is 2.31 bits per heavy atom. The van der Waals surface area contributed by atoms with E-state index in [-0.39, 0.29) is 50.2 Å². The molecule has 1 amide bonds. The van der Waals surface area contributed by atoms with E-state index in [2.05, 4.69) is 15.3 Å². The van der Waals surface area contributed by atoms with Crippen molar-refractivity contribution < 1.29 is 53.8 Å². The molecule has 15 nitrogen and oxygen atoms in total. The molecule has 9 atom stereocenters. The Labute approximate surface area is 339 Å². The number of rotatable bonds is 4. The summed E-state index contributed by atoms with van der Waals surface area (Å²) in [6, 6.07) is 1.49. The molecule has 2 aromatic rings. The molecule has 0 aliphatic carbocycles. The molecule has 0 saturated carbocycles. The number of allylic oxidation sites excluding steroid dienone is 2. The number of carbonyl (C=O) groups excluding carboxylic acids is 3. The molecule has 0 aromatic heterocycles. The predicted octanol–water partition coefficient (Wildman–Crippen LogP) is 4.63. The maximum absolute atomic E-state index is 14.4. The van der Waals surface area contributed by atoms with Crippen LogP contribution in [0, 0.1) is 30.6 Å². The average molecular weight is 807 g/mol. The van der Waals surface area contributed by atoms with Gasteiger partial charge in [-0.3, -0.25) is 19.4 Å². The quantitative estimate of drug-likeness (QED) is 0.212. The molecule has 0 radical (unpaired) electrons. The van der Waals surface area contributed by atoms with Gasteiger partial charge in [0.15, 0.2) is 0 Å². The Morgan fingerprint density at radius 2 is 1.67 bits per heavy atom. The summed E-state index contributed by atoms with van der Waals surface area (Å²) in [5, 5.41) is 55.9. The third-order valence-corrected chi connectivity index (χ3v) is 11.7. The number of ketones is 1. The minimum atomic E-state index is -1.95. The van der Waals surface area contributed by atoms with Gasteiger partial charge in [-0.25, -0.2) is 0 Å². The largest absolute Gasteiger partial charge is 0.507 e. The van der Waals surface area contributed by atoms with Crippen molar-refractivity contribution in [3.05, 3.63) is 58.9 Å². The summed E-state index contributed by atoms with van der Waals surface area (Å²) in [6.07, 6.45) is 5.37. The van der Waals surface area contributed by atoms with E-state index in [9.17, 15) is 34.8 Å². The molecule has 4 aliphatic rings. The van der Waals surface area contributed by atoms with E-state index in [0.717, 1.165) is 13.1 Å². The highest BCUT2D eigenvalue weighted by Gasteiger charge is 2.49. The zero-order valence-corrected chi connectivity index (χ0v) is 35.0. The molecule has 0 spiro atoms. The van der Waals surface area contributed by atoms with Crippen LogP contribution in [-0.2, 0) is 23.8 Å². The number of aromatic hydroxyl groups is 2. The van der Waals surface area contributed by atoms with E-state index in [4.69, 9.17) is 18.9 Å². The number of aliphatic hydroxyl groups excluding tert-OH is 2. The fraction of sp³-hybridized carbons (Fsp3) is 0.535. The molecule has 316 valence electrons. The van der Waals surface area contributed by atoms with E-state index in [1.807, 2.05) is 12.1 Å². The molecule has 6 rings (SSSR count). The Hall–Kier alpha value is -4.96. The van der Waals surface area contributed by atoms with Gasteiger partial charge in [0, 0.05) is 92.7 Å². The molecule has 1 fully saturated rings. The lowest BCUT2D eigenvalue weighted by Gasteiger charge is -2.38. The fourth-order valence-corrected chi connectivity index (χ4v) is 7.84. The van der Waals surface area contributed by atoms with Crippen LogP contribution in [0.15, 0.2) is 47.3 Å². The number of esters is 1. The molecule has 58 heavy (non-hydrogen) atoms. The smallest absolute Gasteiger partial charge is 0.312 e. The first kappa shape index (κ1) is 44.1. The first-order chi connectivity index (χ1) is 27.3. The Kier molecular flexibility index (Phi) is 13.6. The number of hydrogen-bond donors (Lipinski definition) is 5. The summed E-state index contributed by atoms with van der Waals surface area (Å²) in [6.45, 7) is 15.6. The van der Waals surface area contributed by atoms with E-state index in [1.54, 1.807) is 59.8 Å². The first-order valence-electron chi connectivity index (χ1n) is 19.6. The van der Waals surface area contributed by atoms with Crippen molar-refractivity contribution in [2.45, 2.75) is 85.6 Å². The molecule has 4 aliphatic heterocycles. The second-order valence-corrected chi connectivity index (χ2v) is 16.0. The third kappa shape index (κ3) is 8.87. The molecule has 1 unspecified atom stereocenters. The van der Waals surface area contributed by atoms with Crippen LogP contribution < -0.4 is 10.1 Å². The van der Waals surface area contributed by atoms with Crippen LogP contribution in [-0.4, -0.2) is 125 Å². The monoisotopic (exact) mass is 806 g/mol. The van der Waals surface area contributed by atoms with Crippen LogP contribution in [0.4, 0.5) is 5.69 Å². The average Bonchev–Trinajstić information content (AvgIpc) is 3.45. The van der Waals surface area contributed by atoms with Crippen molar-refractivity contribution in [1.82, 2.24) is 9.91 Å². The normalized spacial score (nSPS) is 32.4. The summed E-state index contributed by atoms with van der Waals surface area (Å²) in [5.74, 6) is -6.73. The number of amides is 1.